The number of nitro benzene ring substituents is 1. The van der Waals surface area contributed by atoms with Gasteiger partial charge < -0.3 is 10.5 Å². The summed E-state index contributed by atoms with van der Waals surface area (Å²) in [6.07, 6.45) is 0.830. The summed E-state index contributed by atoms with van der Waals surface area (Å²) in [6.45, 7) is 2.29. The van der Waals surface area contributed by atoms with E-state index in [1.54, 1.807) is 12.1 Å². The first-order valence-electron chi connectivity index (χ1n) is 5.70. The van der Waals surface area contributed by atoms with Gasteiger partial charge in [0.2, 0.25) is 0 Å². The molecule has 0 saturated carbocycles. The molecule has 98 valence electrons. The van der Waals surface area contributed by atoms with Crippen LogP contribution in [0.5, 0.6) is 0 Å². The van der Waals surface area contributed by atoms with Crippen LogP contribution < -0.4 is 5.73 Å². The molecule has 0 radical (unpaired) electrons. The van der Waals surface area contributed by atoms with Crippen LogP contribution in [-0.2, 0) is 9.53 Å². The number of nitrogens with zero attached hydrogens (tertiary/aromatic N) is 1. The highest BCUT2D eigenvalue weighted by atomic mass is 16.6. The Bertz CT molecular complexity index is 417. The van der Waals surface area contributed by atoms with Crippen molar-refractivity contribution in [2.45, 2.75) is 25.8 Å². The molecule has 0 aromatic heterocycles. The number of hydrogen-bond donors (Lipinski definition) is 1. The number of carbonyl (C=O) groups is 1. The maximum Gasteiger partial charge on any atom is 0.307 e. The number of non-ortho nitro benzene ring substituents is 1. The Kier molecular flexibility index (Phi) is 5.26. The highest BCUT2D eigenvalue weighted by Crippen LogP contribution is 2.18. The van der Waals surface area contributed by atoms with E-state index in [2.05, 4.69) is 0 Å². The van der Waals surface area contributed by atoms with Crippen molar-refractivity contribution in [1.82, 2.24) is 0 Å². The van der Waals surface area contributed by atoms with Gasteiger partial charge >= 0.3 is 5.97 Å². The van der Waals surface area contributed by atoms with Gasteiger partial charge in [-0.25, -0.2) is 0 Å². The normalized spacial score (nSPS) is 11.9. The van der Waals surface area contributed by atoms with Crippen LogP contribution >= 0.6 is 0 Å². The number of rotatable bonds is 6. The van der Waals surface area contributed by atoms with E-state index in [0.29, 0.717) is 12.2 Å². The minimum atomic E-state index is -0.504. The fourth-order valence-electron chi connectivity index (χ4n) is 1.42. The molecule has 6 nitrogen and oxygen atoms in total. The molecule has 0 aliphatic carbocycles. The second kappa shape index (κ2) is 6.70. The van der Waals surface area contributed by atoms with Gasteiger partial charge in [0.05, 0.1) is 18.0 Å². The van der Waals surface area contributed by atoms with Gasteiger partial charge in [0.15, 0.2) is 0 Å². The van der Waals surface area contributed by atoms with Crippen LogP contribution in [0.1, 0.15) is 31.4 Å². The summed E-state index contributed by atoms with van der Waals surface area (Å²) in [5.41, 5.74) is 6.50. The van der Waals surface area contributed by atoms with Crippen molar-refractivity contribution in [3.8, 4) is 0 Å². The van der Waals surface area contributed by atoms with Crippen LogP contribution in [0.3, 0.4) is 0 Å². The molecule has 1 unspecified atom stereocenters. The van der Waals surface area contributed by atoms with Crippen molar-refractivity contribution < 1.29 is 14.5 Å². The van der Waals surface area contributed by atoms with E-state index >= 15 is 0 Å². The van der Waals surface area contributed by atoms with Crippen molar-refractivity contribution in [3.05, 3.63) is 39.9 Å². The molecular formula is C12H16N2O4. The standard InChI is InChI=1S/C12H16N2O4/c1-2-7-18-12(15)8-11(13)9-3-5-10(6-4-9)14(16)17/h3-6,11H,2,7-8,13H2,1H3. The molecule has 6 heteroatoms. The molecule has 1 rings (SSSR count). The number of ether oxygens (including phenoxy) is 1. The first kappa shape index (κ1) is 14.1. The second-order valence-electron chi connectivity index (χ2n) is 3.88. The van der Waals surface area contributed by atoms with Crippen molar-refractivity contribution in [2.24, 2.45) is 5.73 Å². The number of benzene rings is 1. The zero-order chi connectivity index (χ0) is 13.5. The van der Waals surface area contributed by atoms with Crippen LogP contribution in [0.2, 0.25) is 0 Å². The zero-order valence-electron chi connectivity index (χ0n) is 10.2. The lowest BCUT2D eigenvalue weighted by Crippen LogP contribution is -2.17. The van der Waals surface area contributed by atoms with Gasteiger partial charge in [-0.2, -0.15) is 0 Å². The minimum absolute atomic E-state index is 0.000454. The zero-order valence-corrected chi connectivity index (χ0v) is 10.2. The lowest BCUT2D eigenvalue weighted by Gasteiger charge is -2.11. The van der Waals surface area contributed by atoms with E-state index in [1.165, 1.54) is 12.1 Å². The number of nitrogens with two attached hydrogens (primary N) is 1. The minimum Gasteiger partial charge on any atom is -0.466 e. The summed E-state index contributed by atoms with van der Waals surface area (Å²) in [5.74, 6) is -0.359. The Balaban J connectivity index is 2.58. The Morgan fingerprint density at radius 2 is 2.06 bits per heavy atom. The highest BCUT2D eigenvalue weighted by molar-refractivity contribution is 5.70. The summed E-state index contributed by atoms with van der Waals surface area (Å²) in [6, 6.07) is 5.33. The number of carbonyl (C=O) groups excluding carboxylic acids is 1. The summed E-state index contributed by atoms with van der Waals surface area (Å²) >= 11 is 0. The first-order valence-corrected chi connectivity index (χ1v) is 5.70. The summed E-state index contributed by atoms with van der Waals surface area (Å²) in [7, 11) is 0. The molecule has 1 aromatic rings. The van der Waals surface area contributed by atoms with E-state index in [1.807, 2.05) is 6.92 Å². The highest BCUT2D eigenvalue weighted by Gasteiger charge is 2.14. The van der Waals surface area contributed by atoms with E-state index in [-0.39, 0.29) is 18.1 Å². The van der Waals surface area contributed by atoms with Crippen molar-refractivity contribution in [3.63, 3.8) is 0 Å². The fourth-order valence-corrected chi connectivity index (χ4v) is 1.42. The lowest BCUT2D eigenvalue weighted by molar-refractivity contribution is -0.384. The topological polar surface area (TPSA) is 95.5 Å². The third-order valence-corrected chi connectivity index (χ3v) is 2.39. The van der Waals surface area contributed by atoms with E-state index in [0.717, 1.165) is 6.42 Å². The van der Waals surface area contributed by atoms with E-state index in [9.17, 15) is 14.9 Å². The van der Waals surface area contributed by atoms with E-state index < -0.39 is 11.0 Å². The average molecular weight is 252 g/mol. The molecule has 0 bridgehead atoms. The Labute approximate surface area is 105 Å². The molecule has 0 amide bonds. The van der Waals surface area contributed by atoms with Crippen LogP contribution in [-0.4, -0.2) is 17.5 Å². The third kappa shape index (κ3) is 4.14. The number of hydrogen-bond acceptors (Lipinski definition) is 5. The first-order chi connectivity index (χ1) is 8.54. The second-order valence-corrected chi connectivity index (χ2v) is 3.88. The predicted octanol–water partition coefficient (Wildman–Crippen LogP) is 1.94. The molecule has 1 atom stereocenters. The summed E-state index contributed by atoms with van der Waals surface area (Å²) < 4.78 is 4.92. The predicted molar refractivity (Wildman–Crippen MR) is 65.9 cm³/mol. The van der Waals surface area contributed by atoms with Gasteiger partial charge in [0.25, 0.3) is 5.69 Å². The van der Waals surface area contributed by atoms with Crippen LogP contribution in [0, 0.1) is 10.1 Å². The molecule has 0 aliphatic rings. The monoisotopic (exact) mass is 252 g/mol. The lowest BCUT2D eigenvalue weighted by atomic mass is 10.0. The largest absolute Gasteiger partial charge is 0.466 e. The SMILES string of the molecule is CCCOC(=O)CC(N)c1ccc([N+](=O)[O-])cc1. The van der Waals surface area contributed by atoms with Crippen LogP contribution in [0.15, 0.2) is 24.3 Å². The maximum atomic E-state index is 11.4. The Morgan fingerprint density at radius 1 is 1.44 bits per heavy atom. The fraction of sp³-hybridized carbons (Fsp3) is 0.417. The molecule has 0 heterocycles. The smallest absolute Gasteiger partial charge is 0.307 e. The van der Waals surface area contributed by atoms with Gasteiger partial charge in [-0.05, 0) is 12.0 Å². The summed E-state index contributed by atoms with van der Waals surface area (Å²) in [4.78, 5) is 21.3. The molecule has 0 saturated heterocycles. The molecule has 2 N–H and O–H groups in total. The molecule has 1 aromatic carbocycles. The average Bonchev–Trinajstić information content (AvgIpc) is 2.36. The Hall–Kier alpha value is -1.95. The van der Waals surface area contributed by atoms with Crippen molar-refractivity contribution >= 4 is 11.7 Å². The van der Waals surface area contributed by atoms with Gasteiger partial charge in [0, 0.05) is 18.2 Å². The van der Waals surface area contributed by atoms with Crippen LogP contribution in [0.4, 0.5) is 5.69 Å². The molecule has 0 spiro atoms. The van der Waals surface area contributed by atoms with Gasteiger partial charge in [0.1, 0.15) is 0 Å². The van der Waals surface area contributed by atoms with Crippen molar-refractivity contribution in [2.75, 3.05) is 6.61 Å². The quantitative estimate of drug-likeness (QED) is 0.474. The Morgan fingerprint density at radius 3 is 2.56 bits per heavy atom. The van der Waals surface area contributed by atoms with Crippen LogP contribution in [0.25, 0.3) is 0 Å². The third-order valence-electron chi connectivity index (χ3n) is 2.39. The summed E-state index contributed by atoms with van der Waals surface area (Å²) in [5, 5.41) is 10.5. The van der Waals surface area contributed by atoms with Gasteiger partial charge in [-0.3, -0.25) is 14.9 Å². The molecule has 0 aliphatic heterocycles. The maximum absolute atomic E-state index is 11.4. The molecule has 0 fully saturated rings. The van der Waals surface area contributed by atoms with Gasteiger partial charge in [-0.15, -0.1) is 0 Å². The number of nitro groups is 1. The molecule has 18 heavy (non-hydrogen) atoms. The van der Waals surface area contributed by atoms with Crippen molar-refractivity contribution in [1.29, 1.82) is 0 Å². The number of esters is 1. The molecular weight excluding hydrogens is 236 g/mol. The van der Waals surface area contributed by atoms with Gasteiger partial charge in [-0.1, -0.05) is 19.1 Å². The van der Waals surface area contributed by atoms with E-state index in [4.69, 9.17) is 10.5 Å².